The van der Waals surface area contributed by atoms with Crippen molar-refractivity contribution in [2.24, 2.45) is 5.10 Å². The number of amides is 2. The van der Waals surface area contributed by atoms with Gasteiger partial charge in [0.25, 0.3) is 0 Å². The summed E-state index contributed by atoms with van der Waals surface area (Å²) >= 11 is 0. The first kappa shape index (κ1) is 21.5. The molecule has 0 aliphatic rings. The minimum Gasteiger partial charge on any atom is -0.493 e. The maximum absolute atomic E-state index is 12.1. The fourth-order valence-corrected chi connectivity index (χ4v) is 2.57. The van der Waals surface area contributed by atoms with Crippen LogP contribution < -0.4 is 20.2 Å². The van der Waals surface area contributed by atoms with Crippen molar-refractivity contribution >= 4 is 23.7 Å². The number of para-hydroxylation sites is 1. The Labute approximate surface area is 170 Å². The lowest BCUT2D eigenvalue weighted by Gasteiger charge is -2.11. The monoisotopic (exact) mass is 393 g/mol. The first-order valence-corrected chi connectivity index (χ1v) is 8.87. The van der Waals surface area contributed by atoms with Gasteiger partial charge in [0.2, 0.25) is 11.8 Å². The van der Waals surface area contributed by atoms with Gasteiger partial charge in [0.1, 0.15) is 13.0 Å². The van der Waals surface area contributed by atoms with Crippen LogP contribution in [0.5, 0.6) is 11.5 Å². The van der Waals surface area contributed by atoms with E-state index < -0.39 is 11.8 Å². The molecule has 0 aromatic heterocycles. The molecule has 0 fully saturated rings. The van der Waals surface area contributed by atoms with Gasteiger partial charge in [0.05, 0.1) is 13.3 Å². The van der Waals surface area contributed by atoms with Gasteiger partial charge in [-0.05, 0) is 37.6 Å². The van der Waals surface area contributed by atoms with Crippen LogP contribution in [0.15, 0.2) is 41.5 Å². The zero-order valence-electron chi connectivity index (χ0n) is 16.6. The summed E-state index contributed by atoms with van der Waals surface area (Å²) in [6.45, 7) is 3.92. The Morgan fingerprint density at radius 3 is 2.69 bits per heavy atom. The molecule has 2 N–H and O–H groups in total. The Bertz CT molecular complexity index is 961. The molecule has 2 aromatic rings. The molecule has 0 unspecified atom stereocenters. The minimum atomic E-state index is -0.544. The van der Waals surface area contributed by atoms with E-state index in [1.807, 2.05) is 26.0 Å². The quantitative estimate of drug-likeness (QED) is 0.312. The van der Waals surface area contributed by atoms with Crippen LogP contribution in [-0.2, 0) is 9.59 Å². The number of hydrazone groups is 1. The molecule has 2 rings (SSSR count). The normalized spacial score (nSPS) is 10.3. The standard InChI is InChI=1S/C22H23N3O4/c1-5-11-29-22-17(7-6-8-19(22)28-4)14-23-25-21(27)13-20(26)24-18-10-9-15(2)12-16(18)3/h1,6-10,12,14H,11,13H2,2-4H3,(H,24,26)(H,25,27). The third-order valence-corrected chi connectivity index (χ3v) is 3.90. The zero-order chi connectivity index (χ0) is 21.2. The molecule has 2 amide bonds. The maximum atomic E-state index is 12.1. The van der Waals surface area contributed by atoms with Crippen LogP contribution in [0.2, 0.25) is 0 Å². The van der Waals surface area contributed by atoms with Crippen LogP contribution >= 0.6 is 0 Å². The molecule has 0 saturated carbocycles. The molecule has 0 radical (unpaired) electrons. The highest BCUT2D eigenvalue weighted by molar-refractivity contribution is 6.04. The molecule has 2 aromatic carbocycles. The Hall–Kier alpha value is -3.79. The van der Waals surface area contributed by atoms with Gasteiger partial charge in [-0.1, -0.05) is 29.7 Å². The number of hydrogen-bond acceptors (Lipinski definition) is 5. The van der Waals surface area contributed by atoms with E-state index in [0.717, 1.165) is 11.1 Å². The van der Waals surface area contributed by atoms with Crippen molar-refractivity contribution in [3.05, 3.63) is 53.1 Å². The first-order valence-electron chi connectivity index (χ1n) is 8.87. The van der Waals surface area contributed by atoms with E-state index in [0.29, 0.717) is 22.7 Å². The second kappa shape index (κ2) is 10.5. The average molecular weight is 393 g/mol. The number of aryl methyl sites for hydroxylation is 2. The van der Waals surface area contributed by atoms with Crippen LogP contribution in [0, 0.1) is 26.2 Å². The Morgan fingerprint density at radius 1 is 1.21 bits per heavy atom. The predicted octanol–water partition coefficient (Wildman–Crippen LogP) is 2.80. The van der Waals surface area contributed by atoms with E-state index in [1.165, 1.54) is 13.3 Å². The highest BCUT2D eigenvalue weighted by atomic mass is 16.5. The van der Waals surface area contributed by atoms with Crippen LogP contribution in [0.1, 0.15) is 23.1 Å². The second-order valence-electron chi connectivity index (χ2n) is 6.21. The molecule has 0 saturated heterocycles. The van der Waals surface area contributed by atoms with Gasteiger partial charge in [-0.25, -0.2) is 5.43 Å². The van der Waals surface area contributed by atoms with Crippen LogP contribution in [0.3, 0.4) is 0 Å². The molecular formula is C22H23N3O4. The van der Waals surface area contributed by atoms with Crippen LogP contribution in [-0.4, -0.2) is 31.7 Å². The van der Waals surface area contributed by atoms with Crippen molar-refractivity contribution in [1.29, 1.82) is 0 Å². The maximum Gasteiger partial charge on any atom is 0.249 e. The molecule has 7 nitrogen and oxygen atoms in total. The predicted molar refractivity (Wildman–Crippen MR) is 112 cm³/mol. The highest BCUT2D eigenvalue weighted by Gasteiger charge is 2.11. The van der Waals surface area contributed by atoms with Gasteiger partial charge in [-0.3, -0.25) is 9.59 Å². The fraction of sp³-hybridized carbons (Fsp3) is 0.227. The fourth-order valence-electron chi connectivity index (χ4n) is 2.57. The third-order valence-electron chi connectivity index (χ3n) is 3.90. The van der Waals surface area contributed by atoms with Gasteiger partial charge in [-0.15, -0.1) is 6.42 Å². The van der Waals surface area contributed by atoms with Gasteiger partial charge in [0.15, 0.2) is 11.5 Å². The number of carbonyl (C=O) groups is 2. The van der Waals surface area contributed by atoms with E-state index in [-0.39, 0.29) is 13.0 Å². The number of anilines is 1. The summed E-state index contributed by atoms with van der Waals surface area (Å²) in [5.74, 6) is 2.31. The van der Waals surface area contributed by atoms with Crippen molar-refractivity contribution in [2.45, 2.75) is 20.3 Å². The summed E-state index contributed by atoms with van der Waals surface area (Å²) in [4.78, 5) is 24.1. The lowest BCUT2D eigenvalue weighted by molar-refractivity contribution is -0.126. The molecule has 7 heteroatoms. The second-order valence-corrected chi connectivity index (χ2v) is 6.21. The van der Waals surface area contributed by atoms with Crippen LogP contribution in [0.4, 0.5) is 5.69 Å². The summed E-state index contributed by atoms with van der Waals surface area (Å²) in [6.07, 6.45) is 6.27. The largest absolute Gasteiger partial charge is 0.493 e. The Morgan fingerprint density at radius 2 is 2.00 bits per heavy atom. The number of hydrogen-bond donors (Lipinski definition) is 2. The number of nitrogens with zero attached hydrogens (tertiary/aromatic N) is 1. The number of methoxy groups -OCH3 is 1. The Balaban J connectivity index is 1.95. The van der Waals surface area contributed by atoms with Crippen molar-refractivity contribution in [1.82, 2.24) is 5.43 Å². The van der Waals surface area contributed by atoms with E-state index in [2.05, 4.69) is 21.8 Å². The van der Waals surface area contributed by atoms with Gasteiger partial charge >= 0.3 is 0 Å². The molecule has 0 heterocycles. The van der Waals surface area contributed by atoms with Gasteiger partial charge in [0, 0.05) is 11.3 Å². The molecular weight excluding hydrogens is 370 g/mol. The van der Waals surface area contributed by atoms with Gasteiger partial charge in [-0.2, -0.15) is 5.10 Å². The van der Waals surface area contributed by atoms with E-state index >= 15 is 0 Å². The zero-order valence-corrected chi connectivity index (χ0v) is 16.6. The SMILES string of the molecule is C#CCOc1c(C=NNC(=O)CC(=O)Nc2ccc(C)cc2C)cccc1OC. The van der Waals surface area contributed by atoms with Crippen molar-refractivity contribution in [3.63, 3.8) is 0 Å². The van der Waals surface area contributed by atoms with E-state index in [1.54, 1.807) is 24.3 Å². The summed E-state index contributed by atoms with van der Waals surface area (Å²) in [7, 11) is 1.51. The lowest BCUT2D eigenvalue weighted by atomic mass is 10.1. The highest BCUT2D eigenvalue weighted by Crippen LogP contribution is 2.29. The smallest absolute Gasteiger partial charge is 0.249 e. The third kappa shape index (κ3) is 6.40. The molecule has 29 heavy (non-hydrogen) atoms. The summed E-state index contributed by atoms with van der Waals surface area (Å²) in [5.41, 5.74) is 5.58. The molecule has 150 valence electrons. The molecule has 0 spiro atoms. The molecule has 0 aliphatic heterocycles. The number of ether oxygens (including phenoxy) is 2. The topological polar surface area (TPSA) is 89.0 Å². The number of benzene rings is 2. The number of nitrogens with one attached hydrogen (secondary N) is 2. The summed E-state index contributed by atoms with van der Waals surface area (Å²) < 4.78 is 10.7. The number of rotatable bonds is 8. The Kier molecular flexibility index (Phi) is 7.80. The molecule has 0 aliphatic carbocycles. The van der Waals surface area contributed by atoms with Crippen LogP contribution in [0.25, 0.3) is 0 Å². The number of carbonyl (C=O) groups excluding carboxylic acids is 2. The van der Waals surface area contributed by atoms with Crippen molar-refractivity contribution in [3.8, 4) is 23.8 Å². The molecule has 0 bridgehead atoms. The first-order chi connectivity index (χ1) is 13.9. The van der Waals surface area contributed by atoms with Gasteiger partial charge < -0.3 is 14.8 Å². The number of terminal acetylenes is 1. The minimum absolute atomic E-state index is 0.0617. The summed E-state index contributed by atoms with van der Waals surface area (Å²) in [5, 5.41) is 6.60. The summed E-state index contributed by atoms with van der Waals surface area (Å²) in [6, 6.07) is 10.9. The average Bonchev–Trinajstić information content (AvgIpc) is 2.68. The van der Waals surface area contributed by atoms with E-state index in [9.17, 15) is 9.59 Å². The molecule has 0 atom stereocenters. The van der Waals surface area contributed by atoms with Crippen molar-refractivity contribution < 1.29 is 19.1 Å². The van der Waals surface area contributed by atoms with Crippen molar-refractivity contribution in [2.75, 3.05) is 19.0 Å². The lowest BCUT2D eigenvalue weighted by Crippen LogP contribution is -2.24. The van der Waals surface area contributed by atoms with E-state index in [4.69, 9.17) is 15.9 Å².